The van der Waals surface area contributed by atoms with E-state index in [9.17, 15) is 0 Å². The summed E-state index contributed by atoms with van der Waals surface area (Å²) in [6.07, 6.45) is 8.91. The van der Waals surface area contributed by atoms with Gasteiger partial charge < -0.3 is 10.3 Å². The van der Waals surface area contributed by atoms with Crippen molar-refractivity contribution in [3.8, 4) is 6.07 Å². The van der Waals surface area contributed by atoms with E-state index >= 15 is 0 Å². The van der Waals surface area contributed by atoms with Crippen LogP contribution >= 0.6 is 0 Å². The number of nitriles is 1. The van der Waals surface area contributed by atoms with Gasteiger partial charge in [0, 0.05) is 25.2 Å². The first-order chi connectivity index (χ1) is 8.96. The van der Waals surface area contributed by atoms with Crippen LogP contribution in [-0.4, -0.2) is 15.6 Å². The quantitative estimate of drug-likeness (QED) is 0.732. The highest BCUT2D eigenvalue weighted by atomic mass is 15.0. The summed E-state index contributed by atoms with van der Waals surface area (Å²) in [5.41, 5.74) is 6.79. The van der Waals surface area contributed by atoms with Crippen LogP contribution in [0.4, 0.5) is 0 Å². The molecule has 0 saturated carbocycles. The van der Waals surface area contributed by atoms with E-state index in [4.69, 9.17) is 11.0 Å². The van der Waals surface area contributed by atoms with Crippen LogP contribution in [0.5, 0.6) is 0 Å². The van der Waals surface area contributed by atoms with Gasteiger partial charge in [-0.3, -0.25) is 0 Å². The molecule has 1 aromatic rings. The zero-order valence-corrected chi connectivity index (χ0v) is 12.4. The molecule has 0 aliphatic rings. The molecule has 0 aliphatic heterocycles. The molecule has 0 radical (unpaired) electrons. The monoisotopic (exact) mass is 262 g/mol. The Balaban J connectivity index is 2.29. The lowest BCUT2D eigenvalue weighted by Crippen LogP contribution is -2.21. The fourth-order valence-corrected chi connectivity index (χ4v) is 1.96. The Labute approximate surface area is 116 Å². The van der Waals surface area contributed by atoms with Crippen LogP contribution in [0.15, 0.2) is 12.5 Å². The molecule has 1 aromatic heterocycles. The van der Waals surface area contributed by atoms with E-state index in [2.05, 4.69) is 28.7 Å². The van der Waals surface area contributed by atoms with Crippen molar-refractivity contribution in [2.75, 3.05) is 0 Å². The van der Waals surface area contributed by atoms with Crippen LogP contribution in [0.3, 0.4) is 0 Å². The summed E-state index contributed by atoms with van der Waals surface area (Å²) < 4.78 is 2.12. The maximum atomic E-state index is 8.94. The van der Waals surface area contributed by atoms with Gasteiger partial charge in [-0.2, -0.15) is 5.26 Å². The number of imidazole rings is 1. The number of rotatable bonds is 8. The summed E-state index contributed by atoms with van der Waals surface area (Å²) in [5.74, 6) is 0. The second kappa shape index (κ2) is 7.30. The molecular weight excluding hydrogens is 236 g/mol. The number of aryl methyl sites for hydroxylation is 1. The van der Waals surface area contributed by atoms with Gasteiger partial charge in [0.2, 0.25) is 0 Å². The van der Waals surface area contributed by atoms with Gasteiger partial charge in [0.25, 0.3) is 0 Å². The van der Waals surface area contributed by atoms with Crippen LogP contribution in [0, 0.1) is 16.7 Å². The molecule has 2 N–H and O–H groups in total. The van der Waals surface area contributed by atoms with Crippen molar-refractivity contribution >= 4 is 0 Å². The Kier molecular flexibility index (Phi) is 6.04. The molecule has 1 rings (SSSR count). The number of unbranched alkanes of at least 4 members (excludes halogenated alkanes) is 1. The fourth-order valence-electron chi connectivity index (χ4n) is 1.96. The molecule has 0 saturated heterocycles. The van der Waals surface area contributed by atoms with E-state index in [0.29, 0.717) is 0 Å². The minimum absolute atomic E-state index is 0.200. The molecule has 4 nitrogen and oxygen atoms in total. The van der Waals surface area contributed by atoms with Crippen LogP contribution in [0.25, 0.3) is 0 Å². The molecule has 0 fully saturated rings. The average molecular weight is 262 g/mol. The van der Waals surface area contributed by atoms with Crippen LogP contribution in [-0.2, 0) is 13.0 Å². The molecule has 106 valence electrons. The van der Waals surface area contributed by atoms with Crippen molar-refractivity contribution in [2.24, 2.45) is 11.1 Å². The standard InChI is InChI=1S/C15H26N4/c1-4-13(17)9-14-10-19(12-18-14)8-6-5-7-15(2,3)11-16/h10,12-13H,4-9,17H2,1-3H3. The van der Waals surface area contributed by atoms with E-state index < -0.39 is 0 Å². The van der Waals surface area contributed by atoms with Crippen LogP contribution in [0.1, 0.15) is 52.1 Å². The number of hydrogen-bond acceptors (Lipinski definition) is 3. The Bertz CT molecular complexity index is 414. The molecular formula is C15H26N4. The maximum Gasteiger partial charge on any atom is 0.0949 e. The first-order valence-corrected chi connectivity index (χ1v) is 7.14. The van der Waals surface area contributed by atoms with Crippen molar-refractivity contribution in [1.29, 1.82) is 5.26 Å². The van der Waals surface area contributed by atoms with E-state index in [0.717, 1.165) is 44.3 Å². The average Bonchev–Trinajstić information content (AvgIpc) is 2.82. The molecule has 0 bridgehead atoms. The summed E-state index contributed by atoms with van der Waals surface area (Å²) in [6, 6.07) is 2.55. The Morgan fingerprint density at radius 3 is 2.84 bits per heavy atom. The molecule has 1 heterocycles. The smallest absolute Gasteiger partial charge is 0.0949 e. The molecule has 0 spiro atoms. The minimum Gasteiger partial charge on any atom is -0.337 e. The topological polar surface area (TPSA) is 67.6 Å². The van der Waals surface area contributed by atoms with Gasteiger partial charge in [-0.1, -0.05) is 13.3 Å². The van der Waals surface area contributed by atoms with E-state index in [1.165, 1.54) is 0 Å². The van der Waals surface area contributed by atoms with E-state index in [1.807, 2.05) is 20.2 Å². The third-order valence-electron chi connectivity index (χ3n) is 3.45. The van der Waals surface area contributed by atoms with Crippen molar-refractivity contribution in [3.63, 3.8) is 0 Å². The predicted octanol–water partition coefficient (Wildman–Crippen LogP) is 2.88. The number of nitrogens with zero attached hydrogens (tertiary/aromatic N) is 3. The SMILES string of the molecule is CCC(N)Cc1cn(CCCCC(C)(C)C#N)cn1. The normalized spacial score (nSPS) is 13.2. The number of nitrogens with two attached hydrogens (primary N) is 1. The van der Waals surface area contributed by atoms with Gasteiger partial charge in [0.15, 0.2) is 0 Å². The highest BCUT2D eigenvalue weighted by Gasteiger charge is 2.15. The third-order valence-corrected chi connectivity index (χ3v) is 3.45. The lowest BCUT2D eigenvalue weighted by molar-refractivity contribution is 0.417. The summed E-state index contributed by atoms with van der Waals surface area (Å²) >= 11 is 0. The molecule has 0 amide bonds. The fraction of sp³-hybridized carbons (Fsp3) is 0.733. The van der Waals surface area contributed by atoms with Crippen molar-refractivity contribution in [3.05, 3.63) is 18.2 Å². The predicted molar refractivity (Wildman–Crippen MR) is 77.4 cm³/mol. The Morgan fingerprint density at radius 2 is 2.21 bits per heavy atom. The second-order valence-electron chi connectivity index (χ2n) is 5.93. The summed E-state index contributed by atoms with van der Waals surface area (Å²) in [4.78, 5) is 4.38. The zero-order chi connectivity index (χ0) is 14.3. The van der Waals surface area contributed by atoms with Gasteiger partial charge >= 0.3 is 0 Å². The summed E-state index contributed by atoms with van der Waals surface area (Å²) in [7, 11) is 0. The number of hydrogen-bond donors (Lipinski definition) is 1. The van der Waals surface area contributed by atoms with Crippen molar-refractivity contribution in [2.45, 2.75) is 65.5 Å². The van der Waals surface area contributed by atoms with Gasteiger partial charge in [0.1, 0.15) is 0 Å². The molecule has 1 unspecified atom stereocenters. The van der Waals surface area contributed by atoms with Gasteiger partial charge in [-0.15, -0.1) is 0 Å². The third kappa shape index (κ3) is 5.89. The molecule has 0 aromatic carbocycles. The first kappa shape index (κ1) is 15.7. The van der Waals surface area contributed by atoms with Gasteiger partial charge in [-0.05, 0) is 33.1 Å². The minimum atomic E-state index is -0.200. The molecule has 19 heavy (non-hydrogen) atoms. The summed E-state index contributed by atoms with van der Waals surface area (Å²) in [6.45, 7) is 7.05. The summed E-state index contributed by atoms with van der Waals surface area (Å²) in [5, 5.41) is 8.94. The second-order valence-corrected chi connectivity index (χ2v) is 5.93. The molecule has 4 heteroatoms. The van der Waals surface area contributed by atoms with Crippen molar-refractivity contribution < 1.29 is 0 Å². The zero-order valence-electron chi connectivity index (χ0n) is 12.4. The van der Waals surface area contributed by atoms with Crippen molar-refractivity contribution in [1.82, 2.24) is 9.55 Å². The molecule has 0 aliphatic carbocycles. The van der Waals surface area contributed by atoms with E-state index in [1.54, 1.807) is 0 Å². The van der Waals surface area contributed by atoms with Gasteiger partial charge in [-0.25, -0.2) is 4.98 Å². The van der Waals surface area contributed by atoms with Crippen LogP contribution < -0.4 is 5.73 Å². The lowest BCUT2D eigenvalue weighted by atomic mass is 9.89. The first-order valence-electron chi connectivity index (χ1n) is 7.14. The largest absolute Gasteiger partial charge is 0.337 e. The lowest BCUT2D eigenvalue weighted by Gasteiger charge is -2.14. The van der Waals surface area contributed by atoms with Crippen LogP contribution in [0.2, 0.25) is 0 Å². The highest BCUT2D eigenvalue weighted by molar-refractivity contribution is 4.99. The Hall–Kier alpha value is -1.34. The Morgan fingerprint density at radius 1 is 1.47 bits per heavy atom. The maximum absolute atomic E-state index is 8.94. The number of aromatic nitrogens is 2. The highest BCUT2D eigenvalue weighted by Crippen LogP contribution is 2.21. The van der Waals surface area contributed by atoms with Gasteiger partial charge in [0.05, 0.1) is 23.5 Å². The van der Waals surface area contributed by atoms with E-state index in [-0.39, 0.29) is 11.5 Å². The molecule has 1 atom stereocenters.